The Bertz CT molecular complexity index is 861. The molecule has 0 fully saturated rings. The van der Waals surface area contributed by atoms with Crippen LogP contribution in [0.5, 0.6) is 11.5 Å². The molecule has 0 bridgehead atoms. The van der Waals surface area contributed by atoms with Crippen molar-refractivity contribution in [3.05, 3.63) is 36.4 Å². The van der Waals surface area contributed by atoms with Gasteiger partial charge < -0.3 is 20.2 Å². The Hall–Kier alpha value is -3.16. The van der Waals surface area contributed by atoms with Crippen molar-refractivity contribution in [3.8, 4) is 11.5 Å². The number of nitrogens with one attached hydrogen (secondary N) is 1. The highest BCUT2D eigenvalue weighted by Gasteiger charge is 2.13. The number of benzene rings is 1. The van der Waals surface area contributed by atoms with E-state index in [9.17, 15) is 4.79 Å². The third-order valence-corrected chi connectivity index (χ3v) is 3.10. The molecular weight excluding hydrogens is 334 g/mol. The number of carbonyl (C=O) groups is 1. The third-order valence-electron chi connectivity index (χ3n) is 3.10. The Morgan fingerprint density at radius 3 is 2.42 bits per heavy atom. The van der Waals surface area contributed by atoms with E-state index in [2.05, 4.69) is 19.9 Å². The van der Waals surface area contributed by atoms with Gasteiger partial charge >= 0.3 is 0 Å². The average molecular weight is 357 g/mol. The van der Waals surface area contributed by atoms with Gasteiger partial charge in [-0.2, -0.15) is 0 Å². The minimum atomic E-state index is 0.00983. The van der Waals surface area contributed by atoms with Crippen LogP contribution in [0.25, 0.3) is 11.2 Å². The van der Waals surface area contributed by atoms with Gasteiger partial charge in [0, 0.05) is 0 Å². The lowest BCUT2D eigenvalue weighted by Gasteiger charge is -2.18. The molecule has 8 nitrogen and oxygen atoms in total. The number of aldehydes is 1. The monoisotopic (exact) mass is 357 g/mol. The fourth-order valence-corrected chi connectivity index (χ4v) is 2.12. The summed E-state index contributed by atoms with van der Waals surface area (Å²) in [5.74, 6) is 1.58. The van der Waals surface area contributed by atoms with Gasteiger partial charge in [-0.05, 0) is 39.8 Å². The smallest absolute Gasteiger partial charge is 0.182 e. The highest BCUT2D eigenvalue weighted by molar-refractivity contribution is 5.81. The van der Waals surface area contributed by atoms with E-state index in [1.165, 1.54) is 12.7 Å². The summed E-state index contributed by atoms with van der Waals surface area (Å²) in [6.45, 7) is 7.71. The molecule has 1 aromatic carbocycles. The Labute approximate surface area is 151 Å². The first-order valence-electron chi connectivity index (χ1n) is 8.23. The lowest BCUT2D eigenvalue weighted by atomic mass is 10.2. The summed E-state index contributed by atoms with van der Waals surface area (Å²) in [6, 6.07) is 5.32. The first kappa shape index (κ1) is 19.2. The van der Waals surface area contributed by atoms with Gasteiger partial charge in [0.2, 0.25) is 0 Å². The molecule has 0 saturated heterocycles. The lowest BCUT2D eigenvalue weighted by Crippen LogP contribution is -2.12. The largest absolute Gasteiger partial charge is 0.487 e. The van der Waals surface area contributed by atoms with Crippen LogP contribution in [-0.2, 0) is 0 Å². The zero-order valence-electron chi connectivity index (χ0n) is 15.3. The number of ether oxygens (including phenoxy) is 2. The molecular formula is C18H23N5O3. The number of imidazole rings is 1. The maximum absolute atomic E-state index is 10.9. The molecule has 2 aromatic heterocycles. The SMILES string of the molecule is CC(C)Oc1cccc(C=O)c1OC(C)C.Nc1ncnc2nc[nH]c12. The van der Waals surface area contributed by atoms with E-state index in [1.54, 1.807) is 12.1 Å². The number of nitrogen functional groups attached to an aromatic ring is 1. The second kappa shape index (κ2) is 8.80. The summed E-state index contributed by atoms with van der Waals surface area (Å²) in [5, 5.41) is 0. The van der Waals surface area contributed by atoms with Crippen LogP contribution in [0.15, 0.2) is 30.9 Å². The van der Waals surface area contributed by atoms with Gasteiger partial charge in [0.1, 0.15) is 11.8 Å². The molecule has 0 unspecified atom stereocenters. The van der Waals surface area contributed by atoms with Crippen LogP contribution in [0.2, 0.25) is 0 Å². The number of nitrogens with two attached hydrogens (primary N) is 1. The summed E-state index contributed by atoms with van der Waals surface area (Å²) in [7, 11) is 0. The van der Waals surface area contributed by atoms with Crippen LogP contribution in [0.3, 0.4) is 0 Å². The highest BCUT2D eigenvalue weighted by Crippen LogP contribution is 2.31. The first-order valence-corrected chi connectivity index (χ1v) is 8.23. The average Bonchev–Trinajstić information content (AvgIpc) is 3.06. The van der Waals surface area contributed by atoms with E-state index >= 15 is 0 Å². The number of hydrogen-bond acceptors (Lipinski definition) is 7. The van der Waals surface area contributed by atoms with Crippen molar-refractivity contribution in [2.45, 2.75) is 39.9 Å². The minimum Gasteiger partial charge on any atom is -0.487 e. The standard InChI is InChI=1S/C13H18O3.C5H5N5/c1-9(2)15-12-7-5-6-11(8-14)13(12)16-10(3)4;6-4-3-5(9-1-7-3)10-2-8-4/h5-10H,1-4H3;1-2H,(H3,6,7,8,9,10). The summed E-state index contributed by atoms with van der Waals surface area (Å²) < 4.78 is 11.2. The number of anilines is 1. The van der Waals surface area contributed by atoms with Crippen molar-refractivity contribution >= 4 is 23.3 Å². The highest BCUT2D eigenvalue weighted by atomic mass is 16.5. The van der Waals surface area contributed by atoms with Crippen LogP contribution in [0.4, 0.5) is 5.82 Å². The van der Waals surface area contributed by atoms with Crippen LogP contribution >= 0.6 is 0 Å². The molecule has 3 aromatic rings. The molecule has 0 aliphatic heterocycles. The number of rotatable bonds is 5. The molecule has 26 heavy (non-hydrogen) atoms. The quantitative estimate of drug-likeness (QED) is 0.674. The maximum Gasteiger partial charge on any atom is 0.182 e. The van der Waals surface area contributed by atoms with Crippen LogP contribution in [0.1, 0.15) is 38.1 Å². The lowest BCUT2D eigenvalue weighted by molar-refractivity contribution is 0.111. The normalized spacial score (nSPS) is 10.5. The Balaban J connectivity index is 0.000000206. The van der Waals surface area contributed by atoms with Crippen molar-refractivity contribution in [2.75, 3.05) is 5.73 Å². The van der Waals surface area contributed by atoms with E-state index in [4.69, 9.17) is 15.2 Å². The molecule has 3 rings (SSSR count). The van der Waals surface area contributed by atoms with Crippen molar-refractivity contribution in [1.82, 2.24) is 19.9 Å². The van der Waals surface area contributed by atoms with Crippen LogP contribution < -0.4 is 15.2 Å². The zero-order valence-corrected chi connectivity index (χ0v) is 15.3. The molecule has 0 radical (unpaired) electrons. The molecule has 2 heterocycles. The zero-order chi connectivity index (χ0) is 19.1. The van der Waals surface area contributed by atoms with Crippen molar-refractivity contribution in [2.24, 2.45) is 0 Å². The Morgan fingerprint density at radius 2 is 1.81 bits per heavy atom. The summed E-state index contributed by atoms with van der Waals surface area (Å²) >= 11 is 0. The Kier molecular flexibility index (Phi) is 6.48. The number of H-pyrrole nitrogens is 1. The summed E-state index contributed by atoms with van der Waals surface area (Å²) in [5.41, 5.74) is 7.30. The molecule has 0 spiro atoms. The second-order valence-corrected chi connectivity index (χ2v) is 5.99. The van der Waals surface area contributed by atoms with E-state index in [-0.39, 0.29) is 12.2 Å². The van der Waals surface area contributed by atoms with E-state index in [0.717, 1.165) is 6.29 Å². The molecule has 0 atom stereocenters. The fraction of sp³-hybridized carbons (Fsp3) is 0.333. The molecule has 138 valence electrons. The number of para-hydroxylation sites is 1. The number of fused-ring (bicyclic) bond motifs is 1. The molecule has 0 saturated carbocycles. The van der Waals surface area contributed by atoms with Crippen molar-refractivity contribution < 1.29 is 14.3 Å². The Morgan fingerprint density at radius 1 is 1.08 bits per heavy atom. The minimum absolute atomic E-state index is 0.00983. The first-order chi connectivity index (χ1) is 12.4. The van der Waals surface area contributed by atoms with Crippen LogP contribution in [-0.4, -0.2) is 38.4 Å². The maximum atomic E-state index is 10.9. The molecule has 0 aliphatic carbocycles. The van der Waals surface area contributed by atoms with Crippen molar-refractivity contribution in [1.29, 1.82) is 0 Å². The van der Waals surface area contributed by atoms with Gasteiger partial charge in [0.25, 0.3) is 0 Å². The summed E-state index contributed by atoms with van der Waals surface area (Å²) in [4.78, 5) is 25.3. The number of hydrogen-bond donors (Lipinski definition) is 2. The topological polar surface area (TPSA) is 116 Å². The third kappa shape index (κ3) is 4.92. The predicted octanol–water partition coefficient (Wildman–Crippen LogP) is 3.01. The van der Waals surface area contributed by atoms with Gasteiger partial charge in [-0.25, -0.2) is 15.0 Å². The van der Waals surface area contributed by atoms with Crippen LogP contribution in [0, 0.1) is 0 Å². The van der Waals surface area contributed by atoms with Crippen molar-refractivity contribution in [3.63, 3.8) is 0 Å². The molecule has 0 amide bonds. The number of nitrogens with zero attached hydrogens (tertiary/aromatic N) is 3. The number of aromatic amines is 1. The van der Waals surface area contributed by atoms with Gasteiger partial charge in [-0.3, -0.25) is 4.79 Å². The molecule has 3 N–H and O–H groups in total. The van der Waals surface area contributed by atoms with E-state index in [1.807, 2.05) is 33.8 Å². The van der Waals surface area contributed by atoms with E-state index in [0.29, 0.717) is 34.0 Å². The fourth-order valence-electron chi connectivity index (χ4n) is 2.12. The summed E-state index contributed by atoms with van der Waals surface area (Å²) in [6.07, 6.45) is 3.77. The van der Waals surface area contributed by atoms with Gasteiger partial charge in [0.15, 0.2) is 29.3 Å². The number of aromatic nitrogens is 4. The second-order valence-electron chi connectivity index (χ2n) is 5.99. The van der Waals surface area contributed by atoms with E-state index < -0.39 is 0 Å². The molecule has 8 heteroatoms. The van der Waals surface area contributed by atoms with Gasteiger partial charge in [-0.1, -0.05) is 6.07 Å². The molecule has 0 aliphatic rings. The van der Waals surface area contributed by atoms with Gasteiger partial charge in [0.05, 0.1) is 24.1 Å². The predicted molar refractivity (Wildman–Crippen MR) is 99.5 cm³/mol. The van der Waals surface area contributed by atoms with Gasteiger partial charge in [-0.15, -0.1) is 0 Å². The number of carbonyl (C=O) groups excluding carboxylic acids is 1.